The lowest BCUT2D eigenvalue weighted by atomic mass is 9.42. The standard InChI is InChI=1S/C33H46N2O9/c1-6-35-15-30(16-44-28(38)18-9-7-8-10-21(18)34-17(2)36)12-11-23(42-4)32-20-13-19-22(41-3)14-31(39,24(20)25(19)37)33(40,29(32)35)27(43-5)26(30)32/h7-10,19-20,22-27,29,37,39-40H,6,11-16H2,1-5H3,(H,34,36)/t19-,20-,22-,23?,24+,25-,26+,27-,29?,30-,31+,32?,33?/m0/s1. The molecule has 11 nitrogen and oxygen atoms in total. The normalized spacial score (nSPS) is 48.2. The van der Waals surface area contributed by atoms with E-state index in [9.17, 15) is 24.9 Å². The monoisotopic (exact) mass is 614 g/mol. The minimum Gasteiger partial charge on any atom is -0.461 e. The third kappa shape index (κ3) is 3.47. The van der Waals surface area contributed by atoms with Crippen molar-refractivity contribution in [1.82, 2.24) is 4.90 Å². The number of aliphatic hydroxyl groups excluding tert-OH is 1. The van der Waals surface area contributed by atoms with E-state index in [-0.39, 0.29) is 48.4 Å². The lowest BCUT2D eigenvalue weighted by Crippen LogP contribution is -2.82. The average molecular weight is 615 g/mol. The van der Waals surface area contributed by atoms with Crippen molar-refractivity contribution in [2.45, 2.75) is 81.2 Å². The minimum atomic E-state index is -1.73. The molecule has 11 heteroatoms. The fraction of sp³-hybridized carbons (Fsp3) is 0.758. The molecule has 44 heavy (non-hydrogen) atoms. The van der Waals surface area contributed by atoms with Crippen molar-refractivity contribution in [1.29, 1.82) is 0 Å². The van der Waals surface area contributed by atoms with E-state index in [1.165, 1.54) is 6.92 Å². The van der Waals surface area contributed by atoms with Gasteiger partial charge in [0.2, 0.25) is 5.91 Å². The van der Waals surface area contributed by atoms with Gasteiger partial charge in [0, 0.05) is 69.8 Å². The maximum atomic E-state index is 13.6. The molecule has 1 aromatic carbocycles. The van der Waals surface area contributed by atoms with E-state index in [2.05, 4.69) is 17.1 Å². The zero-order chi connectivity index (χ0) is 31.4. The number of fused-ring (bicyclic) bond motifs is 2. The topological polar surface area (TPSA) is 147 Å². The minimum absolute atomic E-state index is 0.0742. The van der Waals surface area contributed by atoms with Crippen molar-refractivity contribution in [3.05, 3.63) is 29.8 Å². The maximum Gasteiger partial charge on any atom is 0.340 e. The number of aliphatic hydroxyl groups is 3. The van der Waals surface area contributed by atoms with Crippen LogP contribution < -0.4 is 5.32 Å². The van der Waals surface area contributed by atoms with Gasteiger partial charge in [0.1, 0.15) is 11.2 Å². The number of hydrogen-bond donors (Lipinski definition) is 4. The highest BCUT2D eigenvalue weighted by Crippen LogP contribution is 2.80. The van der Waals surface area contributed by atoms with Crippen LogP contribution in [0.1, 0.15) is 49.9 Å². The number of likely N-dealkylation sites (tertiary alicyclic amines) is 1. The van der Waals surface area contributed by atoms with Gasteiger partial charge in [-0.2, -0.15) is 0 Å². The third-order valence-electron chi connectivity index (χ3n) is 13.0. The molecule has 5 saturated carbocycles. The molecule has 1 heterocycles. The highest BCUT2D eigenvalue weighted by molar-refractivity contribution is 6.00. The number of hydrogen-bond acceptors (Lipinski definition) is 10. The molecule has 1 amide bonds. The fourth-order valence-corrected chi connectivity index (χ4v) is 12.0. The number of carbonyl (C=O) groups is 2. The van der Waals surface area contributed by atoms with Crippen molar-refractivity contribution < 1.29 is 43.9 Å². The van der Waals surface area contributed by atoms with Crippen molar-refractivity contribution in [2.24, 2.45) is 34.5 Å². The Kier molecular flexibility index (Phi) is 7.07. The summed E-state index contributed by atoms with van der Waals surface area (Å²) in [5.41, 5.74) is -4.04. The Bertz CT molecular complexity index is 1340. The molecule has 1 spiro atoms. The second-order valence-electron chi connectivity index (χ2n) is 14.3. The number of carbonyl (C=O) groups excluding carboxylic acids is 2. The number of nitrogens with one attached hydrogen (secondary N) is 1. The number of likely N-dealkylation sites (N-methyl/N-ethyl adjacent to an activating group) is 1. The van der Waals surface area contributed by atoms with E-state index in [4.69, 9.17) is 18.9 Å². The SMILES string of the molecule is CCN1C[C@]2(COC(=O)c3ccccc3NC(C)=O)CCC(OC)C34C1C(O)([C@@H](OC)[C@@H]32)[C@@]1(O)C[C@H](OC)[C@@H]2C[C@H]4[C@@H]1[C@H]2O. The van der Waals surface area contributed by atoms with Gasteiger partial charge in [0.05, 0.1) is 48.3 Å². The fourth-order valence-electron chi connectivity index (χ4n) is 12.0. The first-order valence-corrected chi connectivity index (χ1v) is 16.0. The number of ether oxygens (including phenoxy) is 4. The number of methoxy groups -OCH3 is 3. The smallest absolute Gasteiger partial charge is 0.340 e. The molecule has 1 aromatic rings. The van der Waals surface area contributed by atoms with E-state index in [0.717, 1.165) is 0 Å². The van der Waals surface area contributed by atoms with E-state index >= 15 is 0 Å². The quantitative estimate of drug-likeness (QED) is 0.317. The highest BCUT2D eigenvalue weighted by Gasteiger charge is 2.91. The molecular weight excluding hydrogens is 568 g/mol. The van der Waals surface area contributed by atoms with Crippen molar-refractivity contribution in [3.63, 3.8) is 0 Å². The van der Waals surface area contributed by atoms with Crippen molar-refractivity contribution in [3.8, 4) is 0 Å². The summed E-state index contributed by atoms with van der Waals surface area (Å²) in [6, 6.07) is 6.30. The van der Waals surface area contributed by atoms with Gasteiger partial charge in [0.25, 0.3) is 0 Å². The molecule has 1 aliphatic heterocycles. The van der Waals surface area contributed by atoms with Crippen molar-refractivity contribution >= 4 is 17.6 Å². The van der Waals surface area contributed by atoms with Crippen LogP contribution in [0, 0.1) is 34.5 Å². The molecule has 4 unspecified atom stereocenters. The summed E-state index contributed by atoms with van der Waals surface area (Å²) >= 11 is 0. The van der Waals surface area contributed by atoms with Gasteiger partial charge >= 0.3 is 5.97 Å². The van der Waals surface area contributed by atoms with Gasteiger partial charge in [0.15, 0.2) is 0 Å². The van der Waals surface area contributed by atoms with Gasteiger partial charge in [-0.05, 0) is 43.9 Å². The first-order valence-electron chi connectivity index (χ1n) is 16.0. The number of benzene rings is 1. The van der Waals surface area contributed by atoms with Gasteiger partial charge in [-0.25, -0.2) is 4.79 Å². The van der Waals surface area contributed by atoms with E-state index in [1.807, 2.05) is 0 Å². The first kappa shape index (κ1) is 30.5. The van der Waals surface area contributed by atoms with Crippen LogP contribution >= 0.6 is 0 Å². The summed E-state index contributed by atoms with van der Waals surface area (Å²) in [4.78, 5) is 27.7. The third-order valence-corrected chi connectivity index (χ3v) is 13.0. The summed E-state index contributed by atoms with van der Waals surface area (Å²) in [5.74, 6) is -2.05. The van der Waals surface area contributed by atoms with Crippen LogP contribution in [0.15, 0.2) is 24.3 Å². The first-order chi connectivity index (χ1) is 21.0. The lowest BCUT2D eigenvalue weighted by Gasteiger charge is -2.70. The second-order valence-corrected chi connectivity index (χ2v) is 14.3. The van der Waals surface area contributed by atoms with Gasteiger partial charge in [-0.1, -0.05) is 19.1 Å². The predicted molar refractivity (Wildman–Crippen MR) is 158 cm³/mol. The summed E-state index contributed by atoms with van der Waals surface area (Å²) in [5, 5.41) is 40.6. The van der Waals surface area contributed by atoms with Gasteiger partial charge in [-0.3, -0.25) is 9.69 Å². The Morgan fingerprint density at radius 2 is 1.86 bits per heavy atom. The van der Waals surface area contributed by atoms with Crippen LogP contribution in [0.4, 0.5) is 5.69 Å². The molecule has 6 aliphatic rings. The number of amides is 1. The summed E-state index contributed by atoms with van der Waals surface area (Å²) in [6.07, 6.45) is -0.0977. The summed E-state index contributed by atoms with van der Waals surface area (Å²) in [6.45, 7) is 4.67. The van der Waals surface area contributed by atoms with E-state index < -0.39 is 58.3 Å². The Hall–Kier alpha value is -2.12. The Labute approximate surface area is 258 Å². The number of esters is 1. The summed E-state index contributed by atoms with van der Waals surface area (Å²) < 4.78 is 24.7. The molecule has 7 bridgehead atoms. The largest absolute Gasteiger partial charge is 0.461 e. The molecule has 242 valence electrons. The van der Waals surface area contributed by atoms with Gasteiger partial charge < -0.3 is 39.6 Å². The van der Waals surface area contributed by atoms with Crippen LogP contribution in [-0.2, 0) is 23.7 Å². The predicted octanol–water partition coefficient (Wildman–Crippen LogP) is 1.44. The van der Waals surface area contributed by atoms with Crippen molar-refractivity contribution in [2.75, 3.05) is 46.3 Å². The number of nitrogens with zero attached hydrogens (tertiary/aromatic N) is 1. The second kappa shape index (κ2) is 10.2. The average Bonchev–Trinajstić information content (AvgIpc) is 3.37. The molecule has 13 atom stereocenters. The molecular formula is C33H46N2O9. The van der Waals surface area contributed by atoms with Gasteiger partial charge in [-0.15, -0.1) is 0 Å². The van der Waals surface area contributed by atoms with Crippen LogP contribution in [0.5, 0.6) is 0 Å². The van der Waals surface area contributed by atoms with Crippen LogP contribution in [0.3, 0.4) is 0 Å². The van der Waals surface area contributed by atoms with E-state index in [0.29, 0.717) is 38.0 Å². The molecule has 7 rings (SSSR count). The molecule has 6 fully saturated rings. The molecule has 1 saturated heterocycles. The zero-order valence-corrected chi connectivity index (χ0v) is 26.2. The number of para-hydroxylation sites is 1. The van der Waals surface area contributed by atoms with E-state index in [1.54, 1.807) is 45.6 Å². The zero-order valence-electron chi connectivity index (χ0n) is 26.2. The maximum absolute atomic E-state index is 13.6. The highest BCUT2D eigenvalue weighted by atomic mass is 16.5. The summed E-state index contributed by atoms with van der Waals surface area (Å²) in [7, 11) is 4.91. The number of piperidine rings is 1. The molecule has 0 aromatic heterocycles. The van der Waals surface area contributed by atoms with Crippen LogP contribution in [0.25, 0.3) is 0 Å². The van der Waals surface area contributed by atoms with Crippen LogP contribution in [0.2, 0.25) is 0 Å². The Morgan fingerprint density at radius 1 is 1.11 bits per heavy atom. The number of anilines is 1. The molecule has 4 N–H and O–H groups in total. The van der Waals surface area contributed by atoms with Crippen LogP contribution in [-0.4, -0.2) is 115 Å². The number of rotatable bonds is 8. The molecule has 5 aliphatic carbocycles. The Balaban J connectivity index is 1.36. The Morgan fingerprint density at radius 3 is 2.52 bits per heavy atom. The lowest BCUT2D eigenvalue weighted by molar-refractivity contribution is -0.318. The molecule has 0 radical (unpaired) electrons.